The molecular weight excluding hydrogens is 696 g/mol. The third-order valence-corrected chi connectivity index (χ3v) is 10.7. The minimum absolute atomic E-state index is 0.272. The molecule has 0 aromatic carbocycles. The first-order valence-corrected chi connectivity index (χ1v) is 20.1. The Morgan fingerprint density at radius 3 is 0.833 bits per heavy atom. The average Bonchev–Trinajstić information content (AvgIpc) is 3.20. The molecule has 0 spiro atoms. The van der Waals surface area contributed by atoms with Crippen LogP contribution in [0.25, 0.3) is 0 Å². The zero-order chi connectivity index (χ0) is 39.3. The molecule has 0 aliphatic heterocycles. The van der Waals surface area contributed by atoms with Gasteiger partial charge in [0.2, 0.25) is 0 Å². The SMILES string of the molecule is CCCCOC(=O)C1CC=CCC1C(=O)OCC(CC)(COC(=O)C1CC=CCC1C(=O)OCCCC)COC(=O)C1CC=CCC1C(=O)OCCCC. The van der Waals surface area contributed by atoms with Gasteiger partial charge in [-0.1, -0.05) is 83.4 Å². The summed E-state index contributed by atoms with van der Waals surface area (Å²) in [4.78, 5) is 79.7. The van der Waals surface area contributed by atoms with Crippen LogP contribution < -0.4 is 0 Å². The molecule has 0 heterocycles. The summed E-state index contributed by atoms with van der Waals surface area (Å²) in [6.07, 6.45) is 18.0. The summed E-state index contributed by atoms with van der Waals surface area (Å²) in [5.41, 5.74) is -1.17. The van der Waals surface area contributed by atoms with E-state index in [2.05, 4.69) is 0 Å². The predicted molar refractivity (Wildman–Crippen MR) is 199 cm³/mol. The van der Waals surface area contributed by atoms with Gasteiger partial charge in [-0.2, -0.15) is 0 Å². The maximum Gasteiger partial charge on any atom is 0.310 e. The Labute approximate surface area is 320 Å². The standard InChI is InChI=1S/C42H62O12/c1-5-9-24-49-36(43)30-18-12-15-21-33(30)39(46)52-27-42(8-4,28-53-40(47)34-22-16-13-19-31(34)37(44)50-25-10-6-2)29-54-41(48)35-23-17-14-20-32(35)38(45)51-26-11-7-3/h12-17,30-35H,5-11,18-29H2,1-4H3. The summed E-state index contributed by atoms with van der Waals surface area (Å²) >= 11 is 0. The Bertz CT molecular complexity index is 1180. The molecule has 0 N–H and O–H groups in total. The molecule has 0 radical (unpaired) electrons. The van der Waals surface area contributed by atoms with Crippen molar-refractivity contribution in [2.45, 2.75) is 111 Å². The van der Waals surface area contributed by atoms with Crippen LogP contribution in [0.15, 0.2) is 36.5 Å². The molecule has 0 amide bonds. The van der Waals surface area contributed by atoms with Crippen LogP contribution in [0.4, 0.5) is 0 Å². The van der Waals surface area contributed by atoms with Crippen molar-refractivity contribution in [1.29, 1.82) is 0 Å². The van der Waals surface area contributed by atoms with Crippen LogP contribution in [-0.2, 0) is 57.2 Å². The fourth-order valence-corrected chi connectivity index (χ4v) is 6.70. The van der Waals surface area contributed by atoms with E-state index in [-0.39, 0.29) is 46.1 Å². The van der Waals surface area contributed by atoms with Crippen LogP contribution in [0, 0.1) is 40.9 Å². The molecule has 0 saturated carbocycles. The first kappa shape index (κ1) is 44.4. The van der Waals surface area contributed by atoms with Crippen molar-refractivity contribution < 1.29 is 57.2 Å². The maximum absolute atomic E-state index is 13.6. The van der Waals surface area contributed by atoms with Gasteiger partial charge < -0.3 is 28.4 Å². The third-order valence-electron chi connectivity index (χ3n) is 10.7. The van der Waals surface area contributed by atoms with E-state index in [1.54, 1.807) is 6.92 Å². The fourth-order valence-electron chi connectivity index (χ4n) is 6.70. The summed E-state index contributed by atoms with van der Waals surface area (Å²) in [6.45, 7) is 7.77. The van der Waals surface area contributed by atoms with Crippen LogP contribution >= 0.6 is 0 Å². The predicted octanol–water partition coefficient (Wildman–Crippen LogP) is 6.79. The highest BCUT2D eigenvalue weighted by atomic mass is 16.6. The lowest BCUT2D eigenvalue weighted by atomic mass is 9.82. The Kier molecular flexibility index (Phi) is 19.5. The molecule has 0 aromatic heterocycles. The highest BCUT2D eigenvalue weighted by Crippen LogP contribution is 2.34. The van der Waals surface area contributed by atoms with Crippen molar-refractivity contribution in [2.75, 3.05) is 39.6 Å². The van der Waals surface area contributed by atoms with E-state index in [0.29, 0.717) is 38.5 Å². The minimum atomic E-state index is -1.17. The molecule has 12 nitrogen and oxygen atoms in total. The monoisotopic (exact) mass is 758 g/mol. The van der Waals surface area contributed by atoms with E-state index in [1.807, 2.05) is 57.2 Å². The number of carbonyl (C=O) groups excluding carboxylic acids is 6. The summed E-state index contributed by atoms with van der Waals surface area (Å²) in [5, 5.41) is 0. The Balaban J connectivity index is 1.78. The molecule has 0 fully saturated rings. The molecule has 3 aliphatic rings. The first-order valence-electron chi connectivity index (χ1n) is 20.1. The largest absolute Gasteiger partial charge is 0.465 e. The van der Waals surface area contributed by atoms with Crippen molar-refractivity contribution in [3.63, 3.8) is 0 Å². The van der Waals surface area contributed by atoms with E-state index in [1.165, 1.54) is 0 Å². The number of hydrogen-bond donors (Lipinski definition) is 0. The smallest absolute Gasteiger partial charge is 0.310 e. The normalized spacial score (nSPS) is 24.4. The number of esters is 6. The van der Waals surface area contributed by atoms with Crippen molar-refractivity contribution in [1.82, 2.24) is 0 Å². The number of rotatable bonds is 22. The van der Waals surface area contributed by atoms with Crippen molar-refractivity contribution >= 4 is 35.8 Å². The average molecular weight is 759 g/mol. The zero-order valence-corrected chi connectivity index (χ0v) is 32.8. The molecular formula is C42H62O12. The van der Waals surface area contributed by atoms with Crippen LogP contribution in [0.5, 0.6) is 0 Å². The van der Waals surface area contributed by atoms with Crippen molar-refractivity contribution in [2.24, 2.45) is 40.9 Å². The first-order chi connectivity index (χ1) is 26.1. The molecule has 12 heteroatoms. The van der Waals surface area contributed by atoms with Gasteiger partial charge in [0.25, 0.3) is 0 Å². The van der Waals surface area contributed by atoms with Crippen LogP contribution in [0.1, 0.15) is 111 Å². The molecule has 0 saturated heterocycles. The molecule has 302 valence electrons. The molecule has 0 aromatic rings. The molecule has 0 bridgehead atoms. The van der Waals surface area contributed by atoms with Crippen LogP contribution in [0.3, 0.4) is 0 Å². The summed E-state index contributed by atoms with van der Waals surface area (Å²) in [6, 6.07) is 0. The van der Waals surface area contributed by atoms with Gasteiger partial charge in [-0.3, -0.25) is 28.8 Å². The lowest BCUT2D eigenvalue weighted by Crippen LogP contribution is -2.43. The quantitative estimate of drug-likeness (QED) is 0.0494. The van der Waals surface area contributed by atoms with Crippen LogP contribution in [0.2, 0.25) is 0 Å². The Hall–Kier alpha value is -3.96. The minimum Gasteiger partial charge on any atom is -0.465 e. The molecule has 3 rings (SSSR count). The lowest BCUT2D eigenvalue weighted by Gasteiger charge is -2.34. The lowest BCUT2D eigenvalue weighted by molar-refractivity contribution is -0.175. The van der Waals surface area contributed by atoms with E-state index in [9.17, 15) is 28.8 Å². The number of ether oxygens (including phenoxy) is 6. The number of unbranched alkanes of at least 4 members (excludes halogenated alkanes) is 3. The highest BCUT2D eigenvalue weighted by molar-refractivity contribution is 5.84. The van der Waals surface area contributed by atoms with E-state index >= 15 is 0 Å². The van der Waals surface area contributed by atoms with Gasteiger partial charge in [0, 0.05) is 0 Å². The van der Waals surface area contributed by atoms with Gasteiger partial charge in [0.1, 0.15) is 19.8 Å². The van der Waals surface area contributed by atoms with Gasteiger partial charge in [0.15, 0.2) is 0 Å². The molecule has 3 aliphatic carbocycles. The van der Waals surface area contributed by atoms with E-state index < -0.39 is 76.7 Å². The van der Waals surface area contributed by atoms with Crippen molar-refractivity contribution in [3.05, 3.63) is 36.5 Å². The maximum atomic E-state index is 13.6. The van der Waals surface area contributed by atoms with Gasteiger partial charge in [0.05, 0.1) is 60.7 Å². The Morgan fingerprint density at radius 2 is 0.630 bits per heavy atom. The zero-order valence-electron chi connectivity index (χ0n) is 32.8. The summed E-state index contributed by atoms with van der Waals surface area (Å²) in [5.74, 6) is -7.59. The third kappa shape index (κ3) is 13.4. The van der Waals surface area contributed by atoms with Gasteiger partial charge in [-0.05, 0) is 64.2 Å². The fraction of sp³-hybridized carbons (Fsp3) is 0.714. The summed E-state index contributed by atoms with van der Waals surface area (Å²) in [7, 11) is 0. The van der Waals surface area contributed by atoms with Crippen molar-refractivity contribution in [3.8, 4) is 0 Å². The second kappa shape index (κ2) is 23.7. The highest BCUT2D eigenvalue weighted by Gasteiger charge is 2.43. The van der Waals surface area contributed by atoms with Gasteiger partial charge in [-0.25, -0.2) is 0 Å². The Morgan fingerprint density at radius 1 is 0.407 bits per heavy atom. The molecule has 6 unspecified atom stereocenters. The van der Waals surface area contributed by atoms with E-state index in [4.69, 9.17) is 28.4 Å². The van der Waals surface area contributed by atoms with E-state index in [0.717, 1.165) is 38.5 Å². The number of carbonyl (C=O) groups is 6. The molecule has 54 heavy (non-hydrogen) atoms. The second-order valence-electron chi connectivity index (χ2n) is 14.7. The van der Waals surface area contributed by atoms with Gasteiger partial charge in [-0.15, -0.1) is 0 Å². The van der Waals surface area contributed by atoms with Crippen LogP contribution in [-0.4, -0.2) is 75.5 Å². The second-order valence-corrected chi connectivity index (χ2v) is 14.7. The number of hydrogen-bond acceptors (Lipinski definition) is 12. The number of allylic oxidation sites excluding steroid dienone is 6. The molecule has 6 atom stereocenters. The topological polar surface area (TPSA) is 158 Å². The summed E-state index contributed by atoms with van der Waals surface area (Å²) < 4.78 is 34.0. The van der Waals surface area contributed by atoms with Gasteiger partial charge >= 0.3 is 35.8 Å².